The molecule has 0 fully saturated rings. The van der Waals surface area contributed by atoms with Crippen molar-refractivity contribution >= 4 is 5.97 Å². The summed E-state index contributed by atoms with van der Waals surface area (Å²) in [7, 11) is 1.27. The van der Waals surface area contributed by atoms with Crippen LogP contribution in [-0.2, 0) is 17.6 Å². The van der Waals surface area contributed by atoms with Gasteiger partial charge in [0.2, 0.25) is 0 Å². The molecule has 16 heavy (non-hydrogen) atoms. The Morgan fingerprint density at radius 1 is 1.56 bits per heavy atom. The number of hydrogen-bond donors (Lipinski definition) is 1. The molecule has 1 aliphatic rings. The standard InChI is InChI=1S/C12H11NO3/c1-16-12(15)10-9-4-2-3-7(9)5-8(6-13)11(10)14/h5,14H,2-4H2,1H3. The molecule has 0 saturated heterocycles. The summed E-state index contributed by atoms with van der Waals surface area (Å²) in [4.78, 5) is 11.6. The van der Waals surface area contributed by atoms with Crippen LogP contribution in [0.4, 0.5) is 0 Å². The lowest BCUT2D eigenvalue weighted by molar-refractivity contribution is 0.0596. The third-order valence-electron chi connectivity index (χ3n) is 2.88. The maximum Gasteiger partial charge on any atom is 0.341 e. The quantitative estimate of drug-likeness (QED) is 0.724. The number of carbonyl (C=O) groups is 1. The van der Waals surface area contributed by atoms with Crippen LogP contribution in [0.2, 0.25) is 0 Å². The summed E-state index contributed by atoms with van der Waals surface area (Å²) in [5.74, 6) is -0.831. The summed E-state index contributed by atoms with van der Waals surface area (Å²) in [6.07, 6.45) is 2.53. The molecule has 4 heteroatoms. The van der Waals surface area contributed by atoms with Crippen molar-refractivity contribution in [1.29, 1.82) is 5.26 Å². The van der Waals surface area contributed by atoms with Crippen molar-refractivity contribution in [3.8, 4) is 11.8 Å². The largest absolute Gasteiger partial charge is 0.506 e. The van der Waals surface area contributed by atoms with E-state index in [1.807, 2.05) is 6.07 Å². The topological polar surface area (TPSA) is 70.3 Å². The molecule has 2 rings (SSSR count). The van der Waals surface area contributed by atoms with Gasteiger partial charge in [0.25, 0.3) is 0 Å². The van der Waals surface area contributed by atoms with Gasteiger partial charge in [0.15, 0.2) is 0 Å². The van der Waals surface area contributed by atoms with Gasteiger partial charge in [-0.15, -0.1) is 0 Å². The third-order valence-corrected chi connectivity index (χ3v) is 2.88. The van der Waals surface area contributed by atoms with Crippen LogP contribution in [0, 0.1) is 11.3 Å². The maximum atomic E-state index is 11.6. The number of carbonyl (C=O) groups excluding carboxylic acids is 1. The number of phenols is 1. The van der Waals surface area contributed by atoms with Crippen LogP contribution >= 0.6 is 0 Å². The molecule has 1 aliphatic carbocycles. The predicted octanol–water partition coefficient (Wildman–Crippen LogP) is 1.54. The van der Waals surface area contributed by atoms with Gasteiger partial charge in [-0.05, 0) is 36.5 Å². The summed E-state index contributed by atoms with van der Waals surface area (Å²) >= 11 is 0. The number of hydrogen-bond acceptors (Lipinski definition) is 4. The summed E-state index contributed by atoms with van der Waals surface area (Å²) in [5, 5.41) is 18.7. The average Bonchev–Trinajstić information content (AvgIpc) is 2.74. The Bertz CT molecular complexity index is 496. The fourth-order valence-electron chi connectivity index (χ4n) is 2.14. The fourth-order valence-corrected chi connectivity index (χ4v) is 2.14. The highest BCUT2D eigenvalue weighted by Gasteiger charge is 2.25. The Morgan fingerprint density at radius 2 is 2.31 bits per heavy atom. The van der Waals surface area contributed by atoms with Crippen LogP contribution in [0.5, 0.6) is 5.75 Å². The molecule has 1 aromatic carbocycles. The zero-order valence-corrected chi connectivity index (χ0v) is 8.91. The Labute approximate surface area is 93.1 Å². The minimum absolute atomic E-state index is 0.140. The molecule has 0 saturated carbocycles. The van der Waals surface area contributed by atoms with E-state index in [1.165, 1.54) is 7.11 Å². The molecule has 0 amide bonds. The normalized spacial score (nSPS) is 13.0. The molecule has 0 unspecified atom stereocenters. The highest BCUT2D eigenvalue weighted by Crippen LogP contribution is 2.34. The van der Waals surface area contributed by atoms with Crippen LogP contribution < -0.4 is 0 Å². The van der Waals surface area contributed by atoms with E-state index in [4.69, 9.17) is 5.26 Å². The van der Waals surface area contributed by atoms with E-state index >= 15 is 0 Å². The summed E-state index contributed by atoms with van der Waals surface area (Å²) in [6.45, 7) is 0. The molecule has 4 nitrogen and oxygen atoms in total. The number of nitrogens with zero attached hydrogens (tertiary/aromatic N) is 1. The van der Waals surface area contributed by atoms with Gasteiger partial charge >= 0.3 is 5.97 Å². The molecule has 0 bridgehead atoms. The minimum atomic E-state index is -0.576. The van der Waals surface area contributed by atoms with Crippen molar-refractivity contribution < 1.29 is 14.6 Å². The van der Waals surface area contributed by atoms with E-state index < -0.39 is 5.97 Å². The van der Waals surface area contributed by atoms with Gasteiger partial charge in [-0.1, -0.05) is 0 Å². The van der Waals surface area contributed by atoms with E-state index in [1.54, 1.807) is 6.07 Å². The molecule has 82 valence electrons. The molecule has 0 spiro atoms. The lowest BCUT2D eigenvalue weighted by Gasteiger charge is -2.10. The monoisotopic (exact) mass is 217 g/mol. The summed E-state index contributed by atoms with van der Waals surface area (Å²) in [6, 6.07) is 3.54. The Balaban J connectivity index is 2.70. The molecular formula is C12H11NO3. The SMILES string of the molecule is COC(=O)c1c(O)c(C#N)cc2c1CCC2. The number of aryl methyl sites for hydroxylation is 1. The van der Waals surface area contributed by atoms with Gasteiger partial charge in [0, 0.05) is 0 Å². The van der Waals surface area contributed by atoms with Crippen molar-refractivity contribution in [2.45, 2.75) is 19.3 Å². The molecule has 1 aromatic rings. The number of fused-ring (bicyclic) bond motifs is 1. The molecule has 0 aromatic heterocycles. The molecule has 1 N–H and O–H groups in total. The first-order chi connectivity index (χ1) is 7.69. The number of benzene rings is 1. The van der Waals surface area contributed by atoms with Crippen LogP contribution in [0.15, 0.2) is 6.07 Å². The lowest BCUT2D eigenvalue weighted by atomic mass is 9.98. The molecule has 0 heterocycles. The zero-order chi connectivity index (χ0) is 11.7. The summed E-state index contributed by atoms with van der Waals surface area (Å²) < 4.78 is 4.63. The second kappa shape index (κ2) is 3.86. The van der Waals surface area contributed by atoms with E-state index in [2.05, 4.69) is 4.74 Å². The van der Waals surface area contributed by atoms with Crippen molar-refractivity contribution in [3.05, 3.63) is 28.3 Å². The number of esters is 1. The number of ether oxygens (including phenoxy) is 1. The maximum absolute atomic E-state index is 11.6. The highest BCUT2D eigenvalue weighted by atomic mass is 16.5. The van der Waals surface area contributed by atoms with Gasteiger partial charge in [0.05, 0.1) is 12.7 Å². The van der Waals surface area contributed by atoms with Gasteiger partial charge in [-0.3, -0.25) is 0 Å². The molecule has 0 radical (unpaired) electrons. The van der Waals surface area contributed by atoms with E-state index in [9.17, 15) is 9.90 Å². The van der Waals surface area contributed by atoms with E-state index in [0.717, 1.165) is 30.4 Å². The van der Waals surface area contributed by atoms with Crippen molar-refractivity contribution in [2.75, 3.05) is 7.11 Å². The summed E-state index contributed by atoms with van der Waals surface area (Å²) in [5.41, 5.74) is 2.09. The molecule has 0 atom stereocenters. The van der Waals surface area contributed by atoms with Crippen molar-refractivity contribution in [2.24, 2.45) is 0 Å². The van der Waals surface area contributed by atoms with Gasteiger partial charge in [0.1, 0.15) is 17.4 Å². The number of methoxy groups -OCH3 is 1. The Morgan fingerprint density at radius 3 is 2.94 bits per heavy atom. The number of phenolic OH excluding ortho intramolecular Hbond substituents is 1. The van der Waals surface area contributed by atoms with Gasteiger partial charge < -0.3 is 9.84 Å². The van der Waals surface area contributed by atoms with Crippen LogP contribution in [-0.4, -0.2) is 18.2 Å². The van der Waals surface area contributed by atoms with Crippen LogP contribution in [0.3, 0.4) is 0 Å². The number of aromatic hydroxyl groups is 1. The van der Waals surface area contributed by atoms with E-state index in [-0.39, 0.29) is 16.9 Å². The van der Waals surface area contributed by atoms with Gasteiger partial charge in [-0.2, -0.15) is 5.26 Å². The second-order valence-electron chi connectivity index (χ2n) is 3.74. The van der Waals surface area contributed by atoms with Crippen molar-refractivity contribution in [1.82, 2.24) is 0 Å². The number of nitriles is 1. The highest BCUT2D eigenvalue weighted by molar-refractivity contribution is 5.95. The molecule has 0 aliphatic heterocycles. The number of rotatable bonds is 1. The third kappa shape index (κ3) is 1.41. The fraction of sp³-hybridized carbons (Fsp3) is 0.333. The average molecular weight is 217 g/mol. The molecular weight excluding hydrogens is 206 g/mol. The van der Waals surface area contributed by atoms with Gasteiger partial charge in [-0.25, -0.2) is 4.79 Å². The smallest absolute Gasteiger partial charge is 0.341 e. The van der Waals surface area contributed by atoms with Crippen molar-refractivity contribution in [3.63, 3.8) is 0 Å². The predicted molar refractivity (Wildman–Crippen MR) is 56.2 cm³/mol. The van der Waals surface area contributed by atoms with Crippen LogP contribution in [0.25, 0.3) is 0 Å². The zero-order valence-electron chi connectivity index (χ0n) is 8.91. The Kier molecular flexibility index (Phi) is 2.53. The first kappa shape index (κ1) is 10.5. The first-order valence-corrected chi connectivity index (χ1v) is 5.05. The van der Waals surface area contributed by atoms with Crippen LogP contribution in [0.1, 0.15) is 33.5 Å². The second-order valence-corrected chi connectivity index (χ2v) is 3.74. The van der Waals surface area contributed by atoms with E-state index in [0.29, 0.717) is 0 Å². The first-order valence-electron chi connectivity index (χ1n) is 5.05. The lowest BCUT2D eigenvalue weighted by Crippen LogP contribution is -2.07. The Hall–Kier alpha value is -2.02. The minimum Gasteiger partial charge on any atom is -0.506 e.